The van der Waals surface area contributed by atoms with Crippen LogP contribution < -0.4 is 0 Å². The van der Waals surface area contributed by atoms with Gasteiger partial charge >= 0.3 is 18.2 Å². The summed E-state index contributed by atoms with van der Waals surface area (Å²) in [6.07, 6.45) is 2.93. The molecule has 0 aliphatic carbocycles. The topological polar surface area (TPSA) is 103 Å². The van der Waals surface area contributed by atoms with Gasteiger partial charge in [-0.2, -0.15) is 0 Å². The highest BCUT2D eigenvalue weighted by molar-refractivity contribution is 6.30. The first-order chi connectivity index (χ1) is 17.9. The van der Waals surface area contributed by atoms with Crippen molar-refractivity contribution in [3.63, 3.8) is 0 Å². The minimum atomic E-state index is -0.849. The van der Waals surface area contributed by atoms with Gasteiger partial charge in [-0.25, -0.2) is 14.4 Å². The Morgan fingerprint density at radius 3 is 2.32 bits per heavy atom. The second-order valence-corrected chi connectivity index (χ2v) is 10.3. The highest BCUT2D eigenvalue weighted by Crippen LogP contribution is 2.26. The van der Waals surface area contributed by atoms with Gasteiger partial charge in [0.25, 0.3) is 5.91 Å². The summed E-state index contributed by atoms with van der Waals surface area (Å²) < 4.78 is 5.30. The van der Waals surface area contributed by atoms with E-state index in [9.17, 15) is 19.2 Å². The predicted octanol–water partition coefficient (Wildman–Crippen LogP) is 2.44. The van der Waals surface area contributed by atoms with Crippen molar-refractivity contribution in [2.24, 2.45) is 5.92 Å². The van der Waals surface area contributed by atoms with Gasteiger partial charge in [-0.15, -0.1) is 0 Å². The molecule has 0 aromatic heterocycles. The van der Waals surface area contributed by atoms with Gasteiger partial charge in [-0.3, -0.25) is 4.79 Å². The number of carbonyl (C=O) groups excluding carboxylic acids is 4. The van der Waals surface area contributed by atoms with E-state index in [4.69, 9.17) is 21.2 Å². The van der Waals surface area contributed by atoms with Gasteiger partial charge < -0.3 is 29.2 Å². The first-order valence-corrected chi connectivity index (χ1v) is 13.3. The molecule has 200 valence electrons. The van der Waals surface area contributed by atoms with E-state index in [1.165, 1.54) is 10.5 Å². The number of likely N-dealkylation sites (tertiary alicyclic amines) is 1. The van der Waals surface area contributed by atoms with Crippen molar-refractivity contribution < 1.29 is 28.8 Å². The number of carbonyl (C=O) groups is 4. The molecule has 4 aliphatic rings. The van der Waals surface area contributed by atoms with Gasteiger partial charge in [0.05, 0.1) is 19.8 Å². The van der Waals surface area contributed by atoms with E-state index in [-0.39, 0.29) is 19.1 Å². The zero-order valence-corrected chi connectivity index (χ0v) is 21.5. The molecule has 12 heteroatoms. The van der Waals surface area contributed by atoms with Crippen molar-refractivity contribution in [1.29, 1.82) is 0 Å². The molecule has 4 saturated heterocycles. The van der Waals surface area contributed by atoms with E-state index in [0.717, 1.165) is 30.7 Å². The second-order valence-electron chi connectivity index (χ2n) is 9.91. The van der Waals surface area contributed by atoms with E-state index < -0.39 is 24.1 Å². The molecule has 5 rings (SSSR count). The SMILES string of the molecule is O=C(ON1C(=O)C2CN(C(=O)N3CCOCC3)CCN2C1=O)N1CCC(CCc2ccc(Cl)cc2)CC1. The molecule has 1 unspecified atom stereocenters. The third kappa shape index (κ3) is 5.62. The number of piperidine rings is 1. The quantitative estimate of drug-likeness (QED) is 0.551. The molecule has 1 aromatic rings. The highest BCUT2D eigenvalue weighted by Gasteiger charge is 2.51. The Bertz CT molecular complexity index is 1020. The second kappa shape index (κ2) is 11.1. The normalized spacial score (nSPS) is 22.9. The van der Waals surface area contributed by atoms with E-state index in [1.807, 2.05) is 24.3 Å². The van der Waals surface area contributed by atoms with Crippen LogP contribution in [-0.4, -0.2) is 114 Å². The summed E-state index contributed by atoms with van der Waals surface area (Å²) in [6, 6.07) is 6.18. The monoisotopic (exact) mass is 533 g/mol. The Labute approximate surface area is 220 Å². The number of hydroxylamine groups is 2. The Morgan fingerprint density at radius 1 is 0.919 bits per heavy atom. The minimum Gasteiger partial charge on any atom is -0.378 e. The highest BCUT2D eigenvalue weighted by atomic mass is 35.5. The van der Waals surface area contributed by atoms with Crippen LogP contribution in [0.5, 0.6) is 0 Å². The van der Waals surface area contributed by atoms with Gasteiger partial charge in [0.1, 0.15) is 6.04 Å². The van der Waals surface area contributed by atoms with Crippen molar-refractivity contribution >= 4 is 35.7 Å². The van der Waals surface area contributed by atoms with Gasteiger partial charge in [0, 0.05) is 44.3 Å². The van der Waals surface area contributed by atoms with Gasteiger partial charge in [0.15, 0.2) is 0 Å². The van der Waals surface area contributed by atoms with Gasteiger partial charge in [-0.05, 0) is 49.3 Å². The number of ether oxygens (including phenoxy) is 1. The number of aryl methyl sites for hydroxylation is 1. The number of urea groups is 2. The summed E-state index contributed by atoms with van der Waals surface area (Å²) in [4.78, 5) is 62.9. The van der Waals surface area contributed by atoms with E-state index >= 15 is 0 Å². The van der Waals surface area contributed by atoms with Crippen LogP contribution in [0, 0.1) is 5.92 Å². The fourth-order valence-corrected chi connectivity index (χ4v) is 5.47. The maximum absolute atomic E-state index is 13.0. The molecule has 6 amide bonds. The smallest absolute Gasteiger partial charge is 0.378 e. The zero-order chi connectivity index (χ0) is 25.9. The lowest BCUT2D eigenvalue weighted by Gasteiger charge is -2.38. The number of rotatable bonds is 4. The molecule has 1 aromatic carbocycles. The predicted molar refractivity (Wildman–Crippen MR) is 133 cm³/mol. The molecular weight excluding hydrogens is 502 g/mol. The van der Waals surface area contributed by atoms with E-state index in [2.05, 4.69) is 0 Å². The molecule has 1 atom stereocenters. The number of piperazine rings is 1. The lowest BCUT2D eigenvalue weighted by molar-refractivity contribution is -0.152. The maximum atomic E-state index is 13.0. The first-order valence-electron chi connectivity index (χ1n) is 12.9. The molecule has 0 N–H and O–H groups in total. The third-order valence-corrected chi connectivity index (χ3v) is 7.89. The number of fused-ring (bicyclic) bond motifs is 1. The number of halogens is 1. The number of nitrogens with zero attached hydrogens (tertiary/aromatic N) is 5. The summed E-state index contributed by atoms with van der Waals surface area (Å²) in [7, 11) is 0. The summed E-state index contributed by atoms with van der Waals surface area (Å²) in [5, 5.41) is 1.29. The largest absolute Gasteiger partial charge is 0.434 e. The maximum Gasteiger partial charge on any atom is 0.434 e. The third-order valence-electron chi connectivity index (χ3n) is 7.63. The molecule has 0 bridgehead atoms. The van der Waals surface area contributed by atoms with Crippen LogP contribution >= 0.6 is 11.6 Å². The minimum absolute atomic E-state index is 0.0772. The molecule has 0 saturated carbocycles. The van der Waals surface area contributed by atoms with Crippen LogP contribution in [0.1, 0.15) is 24.8 Å². The van der Waals surface area contributed by atoms with Gasteiger partial charge in [-0.1, -0.05) is 28.8 Å². The van der Waals surface area contributed by atoms with Crippen LogP contribution in [0.3, 0.4) is 0 Å². The van der Waals surface area contributed by atoms with Crippen LogP contribution in [-0.2, 0) is 20.8 Å². The number of amides is 6. The Morgan fingerprint density at radius 2 is 1.62 bits per heavy atom. The fraction of sp³-hybridized carbons (Fsp3) is 0.600. The van der Waals surface area contributed by atoms with Crippen LogP contribution in [0.25, 0.3) is 0 Å². The molecular formula is C25H32ClN5O6. The molecule has 37 heavy (non-hydrogen) atoms. The summed E-state index contributed by atoms with van der Waals surface area (Å²) >= 11 is 5.95. The number of benzene rings is 1. The zero-order valence-electron chi connectivity index (χ0n) is 20.7. The van der Waals surface area contributed by atoms with E-state index in [0.29, 0.717) is 56.9 Å². The summed E-state index contributed by atoms with van der Waals surface area (Å²) in [5.74, 6) is -0.130. The Kier molecular flexibility index (Phi) is 7.71. The van der Waals surface area contributed by atoms with Crippen molar-refractivity contribution in [3.05, 3.63) is 34.9 Å². The van der Waals surface area contributed by atoms with Crippen molar-refractivity contribution in [1.82, 2.24) is 24.7 Å². The number of hydrogen-bond acceptors (Lipinski definition) is 6. The number of hydrogen-bond donors (Lipinski definition) is 0. The molecule has 4 fully saturated rings. The standard InChI is InChI=1S/C25H32ClN5O6/c26-20-5-3-18(4-6-20)1-2-19-7-9-28(10-8-19)25(35)37-31-22(32)21-17-29(11-12-30(21)24(31)34)23(33)27-13-15-36-16-14-27/h3-6,19,21H,1-2,7-17H2. The Balaban J connectivity index is 1.10. The molecule has 4 aliphatic heterocycles. The van der Waals surface area contributed by atoms with Crippen LogP contribution in [0.2, 0.25) is 5.02 Å². The lowest BCUT2D eigenvalue weighted by atomic mass is 9.91. The fourth-order valence-electron chi connectivity index (χ4n) is 5.34. The van der Waals surface area contributed by atoms with Gasteiger partial charge in [0.2, 0.25) is 0 Å². The van der Waals surface area contributed by atoms with Crippen LogP contribution in [0.4, 0.5) is 14.4 Å². The van der Waals surface area contributed by atoms with Crippen molar-refractivity contribution in [2.45, 2.75) is 31.7 Å². The molecule has 0 radical (unpaired) electrons. The average molecular weight is 534 g/mol. The first kappa shape index (κ1) is 25.6. The molecule has 11 nitrogen and oxygen atoms in total. The number of imide groups is 1. The average Bonchev–Trinajstić information content (AvgIpc) is 3.17. The van der Waals surface area contributed by atoms with Crippen molar-refractivity contribution in [3.8, 4) is 0 Å². The van der Waals surface area contributed by atoms with Crippen LogP contribution in [0.15, 0.2) is 24.3 Å². The summed E-state index contributed by atoms with van der Waals surface area (Å²) in [5.41, 5.74) is 1.24. The Hall–Kier alpha value is -3.05. The summed E-state index contributed by atoms with van der Waals surface area (Å²) in [6.45, 7) is 3.58. The van der Waals surface area contributed by atoms with Crippen molar-refractivity contribution in [2.75, 3.05) is 59.0 Å². The molecule has 0 spiro atoms. The van der Waals surface area contributed by atoms with E-state index in [1.54, 1.807) is 14.7 Å². The lowest BCUT2D eigenvalue weighted by Crippen LogP contribution is -2.58. The molecule has 4 heterocycles. The number of morpholine rings is 1.